The molecule has 0 spiro atoms. The second kappa shape index (κ2) is 7.11. The number of hydrogen-bond donors (Lipinski definition) is 2. The number of aliphatic carboxylic acids is 1. The lowest BCUT2D eigenvalue weighted by molar-refractivity contribution is -0.142. The quantitative estimate of drug-likeness (QED) is 0.844. The Morgan fingerprint density at radius 2 is 2.19 bits per heavy atom. The number of carbonyl (C=O) groups is 2. The number of ether oxygens (including phenoxy) is 1. The maximum absolute atomic E-state index is 12.2. The second-order valence-electron chi connectivity index (χ2n) is 5.33. The van der Waals surface area contributed by atoms with Crippen molar-refractivity contribution in [1.29, 1.82) is 0 Å². The molecule has 1 saturated carbocycles. The molecule has 0 aromatic heterocycles. The summed E-state index contributed by atoms with van der Waals surface area (Å²) in [5.74, 6) is -0.896. The molecule has 5 nitrogen and oxygen atoms in total. The van der Waals surface area contributed by atoms with Crippen LogP contribution in [0.1, 0.15) is 43.0 Å². The molecule has 0 aliphatic heterocycles. The van der Waals surface area contributed by atoms with Gasteiger partial charge in [0, 0.05) is 11.6 Å². The first-order valence-electron chi connectivity index (χ1n) is 7.38. The molecule has 1 aromatic rings. The third-order valence-electron chi connectivity index (χ3n) is 3.72. The van der Waals surface area contributed by atoms with Crippen molar-refractivity contribution in [2.24, 2.45) is 5.92 Å². The summed E-state index contributed by atoms with van der Waals surface area (Å²) in [4.78, 5) is 23.4. The average molecular weight is 291 g/mol. The molecule has 1 aliphatic carbocycles. The van der Waals surface area contributed by atoms with E-state index in [4.69, 9.17) is 9.84 Å². The molecule has 0 heterocycles. The molecule has 1 aromatic carbocycles. The molecule has 21 heavy (non-hydrogen) atoms. The van der Waals surface area contributed by atoms with E-state index in [2.05, 4.69) is 5.32 Å². The topological polar surface area (TPSA) is 75.6 Å². The van der Waals surface area contributed by atoms with Crippen LogP contribution in [-0.2, 0) is 4.79 Å². The number of carbonyl (C=O) groups excluding carboxylic acids is 1. The number of nitrogens with one attached hydrogen (secondary N) is 1. The van der Waals surface area contributed by atoms with Crippen molar-refractivity contribution in [3.05, 3.63) is 29.8 Å². The largest absolute Gasteiger partial charge is 0.494 e. The lowest BCUT2D eigenvalue weighted by Crippen LogP contribution is -2.40. The van der Waals surface area contributed by atoms with Crippen molar-refractivity contribution >= 4 is 11.9 Å². The zero-order valence-electron chi connectivity index (χ0n) is 12.2. The van der Waals surface area contributed by atoms with Gasteiger partial charge in [-0.1, -0.05) is 19.4 Å². The molecule has 2 unspecified atom stereocenters. The maximum atomic E-state index is 12.2. The number of rotatable bonds is 6. The lowest BCUT2D eigenvalue weighted by atomic mass is 10.0. The van der Waals surface area contributed by atoms with Crippen molar-refractivity contribution in [2.75, 3.05) is 6.61 Å². The van der Waals surface area contributed by atoms with Gasteiger partial charge in [-0.2, -0.15) is 0 Å². The van der Waals surface area contributed by atoms with E-state index in [0.717, 1.165) is 12.8 Å². The van der Waals surface area contributed by atoms with Gasteiger partial charge >= 0.3 is 5.97 Å². The Morgan fingerprint density at radius 1 is 1.38 bits per heavy atom. The standard InChI is InChI=1S/C16H21NO4/c1-2-9-21-12-6-3-5-11(10-12)15(18)17-14-8-4-7-13(14)16(19)20/h3,5-6,10,13-14H,2,4,7-9H2,1H3,(H,17,18)(H,19,20). The first-order valence-corrected chi connectivity index (χ1v) is 7.38. The van der Waals surface area contributed by atoms with Crippen LogP contribution in [0.4, 0.5) is 0 Å². The van der Waals surface area contributed by atoms with Gasteiger partial charge in [0.25, 0.3) is 5.91 Å². The van der Waals surface area contributed by atoms with Gasteiger partial charge in [-0.05, 0) is 37.5 Å². The van der Waals surface area contributed by atoms with Crippen molar-refractivity contribution < 1.29 is 19.4 Å². The third kappa shape index (κ3) is 3.97. The predicted molar refractivity (Wildman–Crippen MR) is 78.5 cm³/mol. The van der Waals surface area contributed by atoms with Crippen molar-refractivity contribution in [3.8, 4) is 5.75 Å². The van der Waals surface area contributed by atoms with Crippen LogP contribution in [0.3, 0.4) is 0 Å². The predicted octanol–water partition coefficient (Wildman–Crippen LogP) is 2.46. The fraction of sp³-hybridized carbons (Fsp3) is 0.500. The van der Waals surface area contributed by atoms with E-state index in [-0.39, 0.29) is 11.9 Å². The number of amides is 1. The molecule has 2 N–H and O–H groups in total. The zero-order chi connectivity index (χ0) is 15.2. The molecule has 0 bridgehead atoms. The molecular weight excluding hydrogens is 270 g/mol. The second-order valence-corrected chi connectivity index (χ2v) is 5.33. The lowest BCUT2D eigenvalue weighted by Gasteiger charge is -2.17. The summed E-state index contributed by atoms with van der Waals surface area (Å²) in [5.41, 5.74) is 0.500. The first-order chi connectivity index (χ1) is 10.1. The Balaban J connectivity index is 2.01. The summed E-state index contributed by atoms with van der Waals surface area (Å²) in [6, 6.07) is 6.69. The Morgan fingerprint density at radius 3 is 2.90 bits per heavy atom. The number of benzene rings is 1. The summed E-state index contributed by atoms with van der Waals surface area (Å²) in [6.07, 6.45) is 3.08. The van der Waals surface area contributed by atoms with Crippen LogP contribution in [-0.4, -0.2) is 29.6 Å². The number of carboxylic acids is 1. The minimum atomic E-state index is -0.835. The molecule has 0 saturated heterocycles. The Bertz CT molecular complexity index is 515. The minimum Gasteiger partial charge on any atom is -0.494 e. The summed E-state index contributed by atoms with van der Waals surface area (Å²) >= 11 is 0. The monoisotopic (exact) mass is 291 g/mol. The highest BCUT2D eigenvalue weighted by Crippen LogP contribution is 2.26. The van der Waals surface area contributed by atoms with Crippen molar-refractivity contribution in [1.82, 2.24) is 5.32 Å². The molecule has 1 amide bonds. The van der Waals surface area contributed by atoms with Crippen molar-refractivity contribution in [2.45, 2.75) is 38.6 Å². The van der Waals surface area contributed by atoms with Crippen LogP contribution in [0.25, 0.3) is 0 Å². The molecule has 1 aliphatic rings. The number of hydrogen-bond acceptors (Lipinski definition) is 3. The molecule has 114 valence electrons. The van der Waals surface area contributed by atoms with Crippen LogP contribution in [0.5, 0.6) is 5.75 Å². The first kappa shape index (κ1) is 15.4. The van der Waals surface area contributed by atoms with Gasteiger partial charge in [0.05, 0.1) is 12.5 Å². The van der Waals surface area contributed by atoms with Crippen LogP contribution in [0.2, 0.25) is 0 Å². The van der Waals surface area contributed by atoms with E-state index in [9.17, 15) is 9.59 Å². The van der Waals surface area contributed by atoms with Gasteiger partial charge in [-0.3, -0.25) is 9.59 Å². The van der Waals surface area contributed by atoms with Crippen LogP contribution in [0.15, 0.2) is 24.3 Å². The van der Waals surface area contributed by atoms with E-state index < -0.39 is 11.9 Å². The van der Waals surface area contributed by atoms with Crippen LogP contribution < -0.4 is 10.1 Å². The third-order valence-corrected chi connectivity index (χ3v) is 3.72. The summed E-state index contributed by atoms with van der Waals surface area (Å²) < 4.78 is 5.50. The Kier molecular flexibility index (Phi) is 5.20. The fourth-order valence-corrected chi connectivity index (χ4v) is 2.63. The highest BCUT2D eigenvalue weighted by molar-refractivity contribution is 5.95. The highest BCUT2D eigenvalue weighted by Gasteiger charge is 2.33. The van der Waals surface area contributed by atoms with E-state index in [1.807, 2.05) is 13.0 Å². The highest BCUT2D eigenvalue weighted by atomic mass is 16.5. The molecule has 2 rings (SSSR count). The average Bonchev–Trinajstić information content (AvgIpc) is 2.93. The molecule has 0 radical (unpaired) electrons. The van der Waals surface area contributed by atoms with Gasteiger partial charge in [0.15, 0.2) is 0 Å². The Labute approximate surface area is 124 Å². The minimum absolute atomic E-state index is 0.241. The zero-order valence-corrected chi connectivity index (χ0v) is 12.2. The van der Waals surface area contributed by atoms with Gasteiger partial charge in [0.2, 0.25) is 0 Å². The summed E-state index contributed by atoms with van der Waals surface area (Å²) in [7, 11) is 0. The molecule has 2 atom stereocenters. The normalized spacial score (nSPS) is 21.0. The fourth-order valence-electron chi connectivity index (χ4n) is 2.63. The van der Waals surface area contributed by atoms with Gasteiger partial charge < -0.3 is 15.2 Å². The van der Waals surface area contributed by atoms with Gasteiger partial charge in [-0.15, -0.1) is 0 Å². The van der Waals surface area contributed by atoms with Gasteiger partial charge in [-0.25, -0.2) is 0 Å². The van der Waals surface area contributed by atoms with Crippen LogP contribution in [0, 0.1) is 5.92 Å². The number of carboxylic acid groups (broad SMARTS) is 1. The summed E-state index contributed by atoms with van der Waals surface area (Å²) in [5, 5.41) is 12.0. The van der Waals surface area contributed by atoms with E-state index in [0.29, 0.717) is 30.8 Å². The van der Waals surface area contributed by atoms with Crippen LogP contribution >= 0.6 is 0 Å². The van der Waals surface area contributed by atoms with E-state index >= 15 is 0 Å². The Hall–Kier alpha value is -2.04. The summed E-state index contributed by atoms with van der Waals surface area (Å²) in [6.45, 7) is 2.62. The van der Waals surface area contributed by atoms with E-state index in [1.165, 1.54) is 0 Å². The molecule has 5 heteroatoms. The SMILES string of the molecule is CCCOc1cccc(C(=O)NC2CCCC2C(=O)O)c1. The molecular formula is C16H21NO4. The van der Waals surface area contributed by atoms with Gasteiger partial charge in [0.1, 0.15) is 5.75 Å². The van der Waals surface area contributed by atoms with Crippen molar-refractivity contribution in [3.63, 3.8) is 0 Å². The molecule has 1 fully saturated rings. The smallest absolute Gasteiger partial charge is 0.308 e. The maximum Gasteiger partial charge on any atom is 0.308 e. The van der Waals surface area contributed by atoms with E-state index in [1.54, 1.807) is 18.2 Å².